The van der Waals surface area contributed by atoms with Crippen molar-refractivity contribution >= 4 is 21.6 Å². The molecule has 2 nitrogen and oxygen atoms in total. The molecule has 1 saturated carbocycles. The van der Waals surface area contributed by atoms with Gasteiger partial charge in [0.15, 0.2) is 0 Å². The molecule has 1 atom stereocenters. The fourth-order valence-corrected chi connectivity index (χ4v) is 2.43. The van der Waals surface area contributed by atoms with E-state index in [0.717, 1.165) is 10.5 Å². The Morgan fingerprint density at radius 1 is 1.47 bits per heavy atom. The second-order valence-corrected chi connectivity index (χ2v) is 5.20. The second-order valence-electron chi connectivity index (χ2n) is 4.34. The van der Waals surface area contributed by atoms with Crippen LogP contribution in [0.5, 0.6) is 0 Å². The number of hydrogen-bond acceptors (Lipinski definition) is 2. The van der Waals surface area contributed by atoms with E-state index >= 15 is 0 Å². The maximum Gasteiger partial charge on any atom is 0.0510 e. The zero-order valence-corrected chi connectivity index (χ0v) is 10.8. The van der Waals surface area contributed by atoms with Crippen LogP contribution >= 0.6 is 15.9 Å². The Balaban J connectivity index is 2.25. The average Bonchev–Trinajstić information content (AvgIpc) is 2.99. The summed E-state index contributed by atoms with van der Waals surface area (Å²) in [6, 6.07) is 7.23. The normalized spacial score (nSPS) is 17.6. The van der Waals surface area contributed by atoms with Crippen LogP contribution in [0.15, 0.2) is 22.7 Å². The zero-order valence-electron chi connectivity index (χ0n) is 9.20. The summed E-state index contributed by atoms with van der Waals surface area (Å²) in [5.74, 6) is 0. The van der Waals surface area contributed by atoms with Gasteiger partial charge in [-0.25, -0.2) is 0 Å². The van der Waals surface area contributed by atoms with Gasteiger partial charge in [0, 0.05) is 23.6 Å². The molecular weight excluding hydrogens is 252 g/mol. The summed E-state index contributed by atoms with van der Waals surface area (Å²) in [5.41, 5.74) is 8.29. The molecule has 0 unspecified atom stereocenters. The molecule has 0 bridgehead atoms. The first kappa shape index (κ1) is 11.0. The van der Waals surface area contributed by atoms with Gasteiger partial charge >= 0.3 is 0 Å². The zero-order chi connectivity index (χ0) is 11.0. The van der Waals surface area contributed by atoms with E-state index in [1.807, 2.05) is 6.92 Å². The van der Waals surface area contributed by atoms with Crippen LogP contribution in [0.25, 0.3) is 0 Å². The van der Waals surface area contributed by atoms with Crippen LogP contribution < -0.4 is 10.6 Å². The fraction of sp³-hybridized carbons (Fsp3) is 0.500. The molecule has 2 rings (SSSR count). The average molecular weight is 269 g/mol. The first-order valence-electron chi connectivity index (χ1n) is 5.37. The Bertz CT molecular complexity index is 359. The lowest BCUT2D eigenvalue weighted by Crippen LogP contribution is -2.20. The van der Waals surface area contributed by atoms with Crippen LogP contribution in [0.3, 0.4) is 0 Å². The molecule has 0 aliphatic heterocycles. The van der Waals surface area contributed by atoms with Crippen molar-refractivity contribution in [1.82, 2.24) is 0 Å². The lowest BCUT2D eigenvalue weighted by atomic mass is 10.1. The number of halogens is 1. The van der Waals surface area contributed by atoms with Gasteiger partial charge in [0.25, 0.3) is 0 Å². The molecule has 0 saturated heterocycles. The number of benzene rings is 1. The minimum absolute atomic E-state index is 0.0987. The number of anilines is 1. The van der Waals surface area contributed by atoms with Crippen LogP contribution in [0.1, 0.15) is 31.4 Å². The third kappa shape index (κ3) is 2.34. The van der Waals surface area contributed by atoms with Gasteiger partial charge in [0.2, 0.25) is 0 Å². The van der Waals surface area contributed by atoms with Crippen molar-refractivity contribution in [3.63, 3.8) is 0 Å². The molecule has 0 radical (unpaired) electrons. The Morgan fingerprint density at radius 3 is 2.60 bits per heavy atom. The van der Waals surface area contributed by atoms with Gasteiger partial charge in [-0.1, -0.05) is 6.07 Å². The topological polar surface area (TPSA) is 29.3 Å². The van der Waals surface area contributed by atoms with Gasteiger partial charge in [-0.05, 0) is 53.4 Å². The molecule has 2 N–H and O–H groups in total. The summed E-state index contributed by atoms with van der Waals surface area (Å²) >= 11 is 3.61. The molecule has 82 valence electrons. The SMILES string of the molecule is C[C@@H](N)c1ccc(N(C)C2CC2)c(Br)c1. The van der Waals surface area contributed by atoms with E-state index < -0.39 is 0 Å². The smallest absolute Gasteiger partial charge is 0.0510 e. The van der Waals surface area contributed by atoms with Crippen LogP contribution in [0.2, 0.25) is 0 Å². The molecule has 1 aliphatic carbocycles. The van der Waals surface area contributed by atoms with Crippen molar-refractivity contribution in [2.45, 2.75) is 31.8 Å². The molecule has 0 aromatic heterocycles. The van der Waals surface area contributed by atoms with Crippen molar-refractivity contribution in [2.24, 2.45) is 5.73 Å². The third-order valence-electron chi connectivity index (χ3n) is 2.97. The van der Waals surface area contributed by atoms with Crippen LogP contribution in [0.4, 0.5) is 5.69 Å². The second kappa shape index (κ2) is 4.14. The molecule has 1 aliphatic rings. The quantitative estimate of drug-likeness (QED) is 0.913. The summed E-state index contributed by atoms with van der Waals surface area (Å²) in [4.78, 5) is 2.34. The lowest BCUT2D eigenvalue weighted by Gasteiger charge is -2.21. The Labute approximate surface area is 99.6 Å². The molecule has 0 amide bonds. The summed E-state index contributed by atoms with van der Waals surface area (Å²) in [5, 5.41) is 0. The number of rotatable bonds is 3. The number of nitrogens with two attached hydrogens (primary N) is 1. The molecule has 1 aromatic carbocycles. The van der Waals surface area contributed by atoms with E-state index in [4.69, 9.17) is 5.73 Å². The van der Waals surface area contributed by atoms with E-state index in [9.17, 15) is 0 Å². The van der Waals surface area contributed by atoms with Crippen molar-refractivity contribution in [3.8, 4) is 0 Å². The Morgan fingerprint density at radius 2 is 2.13 bits per heavy atom. The highest BCUT2D eigenvalue weighted by Gasteiger charge is 2.27. The summed E-state index contributed by atoms with van der Waals surface area (Å²) in [6.07, 6.45) is 2.63. The van der Waals surface area contributed by atoms with Crippen LogP contribution in [-0.2, 0) is 0 Å². The van der Waals surface area contributed by atoms with Crippen LogP contribution in [-0.4, -0.2) is 13.1 Å². The molecule has 3 heteroatoms. The highest BCUT2D eigenvalue weighted by molar-refractivity contribution is 9.10. The predicted molar refractivity (Wildman–Crippen MR) is 68.2 cm³/mol. The third-order valence-corrected chi connectivity index (χ3v) is 3.61. The van der Waals surface area contributed by atoms with Crippen molar-refractivity contribution < 1.29 is 0 Å². The van der Waals surface area contributed by atoms with Crippen molar-refractivity contribution in [2.75, 3.05) is 11.9 Å². The first-order valence-corrected chi connectivity index (χ1v) is 6.16. The van der Waals surface area contributed by atoms with E-state index in [0.29, 0.717) is 0 Å². The predicted octanol–water partition coefficient (Wildman–Crippen LogP) is 3.07. The monoisotopic (exact) mass is 268 g/mol. The van der Waals surface area contributed by atoms with Gasteiger partial charge in [0.1, 0.15) is 0 Å². The number of nitrogens with zero attached hydrogens (tertiary/aromatic N) is 1. The molecule has 1 fully saturated rings. The van der Waals surface area contributed by atoms with Crippen LogP contribution in [0, 0.1) is 0 Å². The van der Waals surface area contributed by atoms with E-state index in [2.05, 4.69) is 46.1 Å². The highest BCUT2D eigenvalue weighted by atomic mass is 79.9. The summed E-state index contributed by atoms with van der Waals surface area (Å²) in [6.45, 7) is 2.01. The van der Waals surface area contributed by atoms with E-state index in [-0.39, 0.29) is 6.04 Å². The molecule has 1 aromatic rings. The number of hydrogen-bond donors (Lipinski definition) is 1. The molecule has 15 heavy (non-hydrogen) atoms. The van der Waals surface area contributed by atoms with Gasteiger partial charge in [0.05, 0.1) is 5.69 Å². The van der Waals surface area contributed by atoms with E-state index in [1.165, 1.54) is 24.1 Å². The lowest BCUT2D eigenvalue weighted by molar-refractivity contribution is 0.815. The fourth-order valence-electron chi connectivity index (χ4n) is 1.75. The first-order chi connectivity index (χ1) is 7.09. The minimum Gasteiger partial charge on any atom is -0.371 e. The Kier molecular flexibility index (Phi) is 3.03. The molecule has 0 heterocycles. The van der Waals surface area contributed by atoms with Gasteiger partial charge in [-0.3, -0.25) is 0 Å². The van der Waals surface area contributed by atoms with Crippen molar-refractivity contribution in [1.29, 1.82) is 0 Å². The Hall–Kier alpha value is -0.540. The van der Waals surface area contributed by atoms with Gasteiger partial charge < -0.3 is 10.6 Å². The minimum atomic E-state index is 0.0987. The van der Waals surface area contributed by atoms with Gasteiger partial charge in [-0.15, -0.1) is 0 Å². The standard InChI is InChI=1S/C12H17BrN2/c1-8(14)9-3-6-12(11(13)7-9)15(2)10-4-5-10/h3,6-8,10H,4-5,14H2,1-2H3/t8-/m1/s1. The van der Waals surface area contributed by atoms with Crippen molar-refractivity contribution in [3.05, 3.63) is 28.2 Å². The van der Waals surface area contributed by atoms with E-state index in [1.54, 1.807) is 0 Å². The summed E-state index contributed by atoms with van der Waals surface area (Å²) in [7, 11) is 2.16. The molecule has 0 spiro atoms. The largest absolute Gasteiger partial charge is 0.371 e. The van der Waals surface area contributed by atoms with Gasteiger partial charge in [-0.2, -0.15) is 0 Å². The maximum absolute atomic E-state index is 5.85. The molecular formula is C12H17BrN2. The highest BCUT2D eigenvalue weighted by Crippen LogP contribution is 2.35. The maximum atomic E-state index is 5.85. The summed E-state index contributed by atoms with van der Waals surface area (Å²) < 4.78 is 1.15.